The van der Waals surface area contributed by atoms with Gasteiger partial charge in [-0.05, 0) is 20.4 Å². The first-order valence-electron chi connectivity index (χ1n) is 4.73. The average molecular weight is 186 g/mol. The number of likely N-dealkylation sites (N-methyl/N-ethyl adjacent to an activating group) is 1. The summed E-state index contributed by atoms with van der Waals surface area (Å²) < 4.78 is 5.53. The minimum absolute atomic E-state index is 0.0987. The first kappa shape index (κ1) is 10.5. The largest absolute Gasteiger partial charge is 0.373 e. The van der Waals surface area contributed by atoms with E-state index >= 15 is 0 Å². The molecule has 3 N–H and O–H groups in total. The molecule has 1 aliphatic heterocycles. The van der Waals surface area contributed by atoms with E-state index in [2.05, 4.69) is 5.32 Å². The van der Waals surface area contributed by atoms with Crippen LogP contribution in [0, 0.1) is 0 Å². The fourth-order valence-corrected chi connectivity index (χ4v) is 2.05. The second kappa shape index (κ2) is 3.64. The van der Waals surface area contributed by atoms with Crippen molar-refractivity contribution in [1.82, 2.24) is 5.32 Å². The van der Waals surface area contributed by atoms with Gasteiger partial charge in [-0.2, -0.15) is 0 Å². The van der Waals surface area contributed by atoms with Crippen LogP contribution in [-0.2, 0) is 9.53 Å². The molecule has 4 nitrogen and oxygen atoms in total. The zero-order valence-corrected chi connectivity index (χ0v) is 8.46. The van der Waals surface area contributed by atoms with Crippen LogP contribution >= 0.6 is 0 Å². The average Bonchev–Trinajstić information content (AvgIpc) is 2.28. The summed E-state index contributed by atoms with van der Waals surface area (Å²) in [5.41, 5.74) is 4.73. The van der Waals surface area contributed by atoms with Gasteiger partial charge in [0.15, 0.2) is 0 Å². The Kier molecular flexibility index (Phi) is 2.93. The van der Waals surface area contributed by atoms with Crippen molar-refractivity contribution >= 4 is 5.91 Å². The summed E-state index contributed by atoms with van der Waals surface area (Å²) in [6, 6.07) is 0. The molecule has 0 saturated carbocycles. The maximum atomic E-state index is 11.3. The summed E-state index contributed by atoms with van der Waals surface area (Å²) >= 11 is 0. The van der Waals surface area contributed by atoms with Crippen LogP contribution in [0.25, 0.3) is 0 Å². The summed E-state index contributed by atoms with van der Waals surface area (Å²) in [5, 5.41) is 3.14. The lowest BCUT2D eigenvalue weighted by Gasteiger charge is -2.29. The van der Waals surface area contributed by atoms with E-state index in [1.165, 1.54) is 0 Å². The van der Waals surface area contributed by atoms with Crippen molar-refractivity contribution in [2.24, 2.45) is 5.73 Å². The number of nitrogens with two attached hydrogens (primary N) is 1. The first-order valence-corrected chi connectivity index (χ1v) is 4.73. The number of carbonyl (C=O) groups is 1. The number of nitrogens with one attached hydrogen (secondary N) is 1. The number of hydrogen-bond acceptors (Lipinski definition) is 3. The van der Waals surface area contributed by atoms with Crippen LogP contribution < -0.4 is 11.1 Å². The van der Waals surface area contributed by atoms with Gasteiger partial charge in [-0.3, -0.25) is 4.79 Å². The fraction of sp³-hybridized carbons (Fsp3) is 0.889. The normalized spacial score (nSPS) is 39.3. The van der Waals surface area contributed by atoms with Crippen molar-refractivity contribution in [2.45, 2.75) is 44.9 Å². The third-order valence-electron chi connectivity index (χ3n) is 2.67. The second-order valence-electron chi connectivity index (χ2n) is 3.66. The number of ether oxygens (including phenoxy) is 1. The number of rotatable bonds is 3. The van der Waals surface area contributed by atoms with Gasteiger partial charge < -0.3 is 15.8 Å². The molecule has 1 rings (SSSR count). The lowest BCUT2D eigenvalue weighted by Crippen LogP contribution is -2.59. The van der Waals surface area contributed by atoms with E-state index < -0.39 is 5.54 Å². The lowest BCUT2D eigenvalue weighted by molar-refractivity contribution is -0.126. The second-order valence-corrected chi connectivity index (χ2v) is 3.66. The van der Waals surface area contributed by atoms with Gasteiger partial charge in [0.2, 0.25) is 5.91 Å². The van der Waals surface area contributed by atoms with Crippen molar-refractivity contribution in [2.75, 3.05) is 6.54 Å². The van der Waals surface area contributed by atoms with Gasteiger partial charge >= 0.3 is 0 Å². The molecule has 1 saturated heterocycles. The molecule has 1 amide bonds. The molecule has 1 heterocycles. The fourth-order valence-electron chi connectivity index (χ4n) is 2.05. The van der Waals surface area contributed by atoms with Crippen LogP contribution in [0.5, 0.6) is 0 Å². The summed E-state index contributed by atoms with van der Waals surface area (Å²) in [5.74, 6) is -0.314. The first-order chi connectivity index (χ1) is 6.03. The van der Waals surface area contributed by atoms with Gasteiger partial charge in [-0.15, -0.1) is 0 Å². The van der Waals surface area contributed by atoms with E-state index in [-0.39, 0.29) is 18.1 Å². The summed E-state index contributed by atoms with van der Waals surface area (Å²) in [7, 11) is 0. The highest BCUT2D eigenvalue weighted by Gasteiger charge is 2.48. The molecule has 1 fully saturated rings. The quantitative estimate of drug-likeness (QED) is 0.653. The van der Waals surface area contributed by atoms with Crippen LogP contribution in [0.3, 0.4) is 0 Å². The molecule has 0 spiro atoms. The predicted octanol–water partition coefficient (Wildman–Crippen LogP) is 0.0173. The van der Waals surface area contributed by atoms with Crippen LogP contribution in [0.4, 0.5) is 0 Å². The van der Waals surface area contributed by atoms with Crippen molar-refractivity contribution in [3.8, 4) is 0 Å². The van der Waals surface area contributed by atoms with Crippen molar-refractivity contribution in [3.63, 3.8) is 0 Å². The Bertz CT molecular complexity index is 208. The third-order valence-corrected chi connectivity index (χ3v) is 2.67. The molecule has 0 bridgehead atoms. The summed E-state index contributed by atoms with van der Waals surface area (Å²) in [6.45, 7) is 6.53. The Morgan fingerprint density at radius 1 is 1.69 bits per heavy atom. The molecule has 0 aromatic rings. The third kappa shape index (κ3) is 1.69. The SMILES string of the molecule is CCNC1(C(N)=O)CC(C)OC1C. The zero-order chi connectivity index (χ0) is 10.1. The van der Waals surface area contributed by atoms with E-state index in [9.17, 15) is 4.79 Å². The Labute approximate surface area is 78.8 Å². The molecule has 0 radical (unpaired) electrons. The van der Waals surface area contributed by atoms with Crippen molar-refractivity contribution in [1.29, 1.82) is 0 Å². The number of hydrogen-bond donors (Lipinski definition) is 2. The van der Waals surface area contributed by atoms with Crippen LogP contribution in [0.2, 0.25) is 0 Å². The Morgan fingerprint density at radius 2 is 2.31 bits per heavy atom. The lowest BCUT2D eigenvalue weighted by atomic mass is 9.89. The maximum Gasteiger partial charge on any atom is 0.240 e. The summed E-state index contributed by atoms with van der Waals surface area (Å²) in [6.07, 6.45) is 0.624. The Morgan fingerprint density at radius 3 is 2.62 bits per heavy atom. The van der Waals surface area contributed by atoms with Gasteiger partial charge in [0.25, 0.3) is 0 Å². The van der Waals surface area contributed by atoms with Crippen molar-refractivity contribution in [3.05, 3.63) is 0 Å². The highest BCUT2D eigenvalue weighted by atomic mass is 16.5. The van der Waals surface area contributed by atoms with E-state index in [0.717, 1.165) is 6.54 Å². The van der Waals surface area contributed by atoms with Crippen LogP contribution in [0.15, 0.2) is 0 Å². The standard InChI is InChI=1S/C9H18N2O2/c1-4-11-9(8(10)12)5-6(2)13-7(9)3/h6-7,11H,4-5H2,1-3H3,(H2,10,12). The van der Waals surface area contributed by atoms with E-state index in [0.29, 0.717) is 6.42 Å². The molecule has 1 aliphatic rings. The number of primary amides is 1. The van der Waals surface area contributed by atoms with Gasteiger partial charge in [0.1, 0.15) is 5.54 Å². The summed E-state index contributed by atoms with van der Waals surface area (Å²) in [4.78, 5) is 11.3. The van der Waals surface area contributed by atoms with Gasteiger partial charge in [-0.25, -0.2) is 0 Å². The Balaban J connectivity index is 2.84. The van der Waals surface area contributed by atoms with Crippen LogP contribution in [-0.4, -0.2) is 30.2 Å². The van der Waals surface area contributed by atoms with Gasteiger partial charge in [0, 0.05) is 6.42 Å². The highest BCUT2D eigenvalue weighted by Crippen LogP contribution is 2.30. The smallest absolute Gasteiger partial charge is 0.240 e. The minimum atomic E-state index is -0.659. The molecule has 3 unspecified atom stereocenters. The molecule has 4 heteroatoms. The van der Waals surface area contributed by atoms with Crippen LogP contribution in [0.1, 0.15) is 27.2 Å². The molecule has 13 heavy (non-hydrogen) atoms. The predicted molar refractivity (Wildman–Crippen MR) is 50.2 cm³/mol. The number of amides is 1. The topological polar surface area (TPSA) is 64.3 Å². The monoisotopic (exact) mass is 186 g/mol. The molecular weight excluding hydrogens is 168 g/mol. The van der Waals surface area contributed by atoms with E-state index in [1.807, 2.05) is 20.8 Å². The Hall–Kier alpha value is -0.610. The van der Waals surface area contributed by atoms with Gasteiger partial charge in [-0.1, -0.05) is 6.92 Å². The molecule has 76 valence electrons. The molecule has 0 aromatic heterocycles. The van der Waals surface area contributed by atoms with Gasteiger partial charge in [0.05, 0.1) is 12.2 Å². The van der Waals surface area contributed by atoms with E-state index in [4.69, 9.17) is 10.5 Å². The van der Waals surface area contributed by atoms with Crippen molar-refractivity contribution < 1.29 is 9.53 Å². The zero-order valence-electron chi connectivity index (χ0n) is 8.46. The molecule has 3 atom stereocenters. The maximum absolute atomic E-state index is 11.3. The molecule has 0 aromatic carbocycles. The molecular formula is C9H18N2O2. The van der Waals surface area contributed by atoms with E-state index in [1.54, 1.807) is 0 Å². The molecule has 0 aliphatic carbocycles. The minimum Gasteiger partial charge on any atom is -0.373 e. The number of carbonyl (C=O) groups excluding carboxylic acids is 1. The highest BCUT2D eigenvalue weighted by molar-refractivity contribution is 5.85.